The molecule has 0 aliphatic heterocycles. The van der Waals surface area contributed by atoms with Crippen molar-refractivity contribution in [1.82, 2.24) is 4.57 Å². The Kier molecular flexibility index (Phi) is 3.14. The van der Waals surface area contributed by atoms with E-state index in [0.717, 1.165) is 29.4 Å². The summed E-state index contributed by atoms with van der Waals surface area (Å²) in [7, 11) is -1.45. The van der Waals surface area contributed by atoms with Gasteiger partial charge in [0.25, 0.3) is 0 Å². The number of benzene rings is 2. The number of fused-ring (bicyclic) bond motifs is 3. The Morgan fingerprint density at radius 3 is 2.45 bits per heavy atom. The summed E-state index contributed by atoms with van der Waals surface area (Å²) in [4.78, 5) is 0. The summed E-state index contributed by atoms with van der Waals surface area (Å²) >= 11 is 0. The average molecular weight is 289 g/mol. The van der Waals surface area contributed by atoms with Crippen LogP contribution in [0.15, 0.2) is 48.5 Å². The van der Waals surface area contributed by atoms with Gasteiger partial charge in [0.15, 0.2) is 0 Å². The normalized spacial score (nSPS) is 13.4. The summed E-state index contributed by atoms with van der Waals surface area (Å²) in [5.41, 5.74) is 2.61. The Labute approximate surface area is 128 Å². The third-order valence-corrected chi connectivity index (χ3v) is 4.24. The maximum absolute atomic E-state index is 9.48. The molecular formula is C18H16BNO2. The quantitative estimate of drug-likeness (QED) is 0.681. The van der Waals surface area contributed by atoms with E-state index in [9.17, 15) is 10.0 Å². The second kappa shape index (κ2) is 5.16. The van der Waals surface area contributed by atoms with E-state index in [1.54, 1.807) is 6.07 Å². The maximum Gasteiger partial charge on any atom is 0.488 e. The Morgan fingerprint density at radius 2 is 1.68 bits per heavy atom. The van der Waals surface area contributed by atoms with Crippen LogP contribution in [0.2, 0.25) is 0 Å². The van der Waals surface area contributed by atoms with E-state index in [4.69, 9.17) is 0 Å². The van der Waals surface area contributed by atoms with Gasteiger partial charge in [0.1, 0.15) is 0 Å². The highest BCUT2D eigenvalue weighted by molar-refractivity contribution is 6.58. The molecule has 1 aliphatic rings. The zero-order valence-electron chi connectivity index (χ0n) is 12.1. The van der Waals surface area contributed by atoms with Crippen molar-refractivity contribution in [3.63, 3.8) is 0 Å². The molecule has 0 saturated carbocycles. The molecule has 0 saturated heterocycles. The van der Waals surface area contributed by atoms with Gasteiger partial charge < -0.3 is 14.6 Å². The molecule has 22 heavy (non-hydrogen) atoms. The summed E-state index contributed by atoms with van der Waals surface area (Å²) in [6, 6.07) is 15.8. The molecule has 0 spiro atoms. The van der Waals surface area contributed by atoms with Crippen molar-refractivity contribution in [3.05, 3.63) is 59.1 Å². The van der Waals surface area contributed by atoms with Crippen molar-refractivity contribution >= 4 is 35.6 Å². The molecule has 1 aromatic heterocycles. The molecule has 4 rings (SSSR count). The van der Waals surface area contributed by atoms with E-state index < -0.39 is 7.12 Å². The van der Waals surface area contributed by atoms with Crippen LogP contribution in [-0.2, 0) is 0 Å². The Bertz CT molecular complexity index is 958. The highest BCUT2D eigenvalue weighted by atomic mass is 16.4. The molecule has 3 aromatic rings. The SMILES string of the molecule is OB(O)c1ccc2c3c(n(-c4ccccc4)c2c1)=CCCC=3. The first-order valence-electron chi connectivity index (χ1n) is 7.52. The first-order valence-corrected chi connectivity index (χ1v) is 7.52. The van der Waals surface area contributed by atoms with Crippen LogP contribution in [0.25, 0.3) is 28.7 Å². The van der Waals surface area contributed by atoms with Gasteiger partial charge in [-0.1, -0.05) is 42.5 Å². The van der Waals surface area contributed by atoms with Gasteiger partial charge in [-0.2, -0.15) is 0 Å². The molecule has 0 radical (unpaired) electrons. The van der Waals surface area contributed by atoms with Gasteiger partial charge in [-0.15, -0.1) is 0 Å². The highest BCUT2D eigenvalue weighted by Crippen LogP contribution is 2.15. The fourth-order valence-electron chi connectivity index (χ4n) is 3.23. The van der Waals surface area contributed by atoms with Gasteiger partial charge >= 0.3 is 7.12 Å². The second-order valence-corrected chi connectivity index (χ2v) is 5.61. The highest BCUT2D eigenvalue weighted by Gasteiger charge is 2.16. The third kappa shape index (κ3) is 2.00. The van der Waals surface area contributed by atoms with E-state index >= 15 is 0 Å². The van der Waals surface area contributed by atoms with Crippen LogP contribution in [-0.4, -0.2) is 21.7 Å². The average Bonchev–Trinajstić information content (AvgIpc) is 2.89. The molecule has 1 heterocycles. The minimum Gasteiger partial charge on any atom is -0.423 e. The third-order valence-electron chi connectivity index (χ3n) is 4.24. The molecule has 0 fully saturated rings. The first-order chi connectivity index (χ1) is 10.8. The topological polar surface area (TPSA) is 45.4 Å². The van der Waals surface area contributed by atoms with E-state index in [1.165, 1.54) is 10.6 Å². The minimum atomic E-state index is -1.45. The van der Waals surface area contributed by atoms with Crippen LogP contribution in [0, 0.1) is 0 Å². The Morgan fingerprint density at radius 1 is 0.909 bits per heavy atom. The smallest absolute Gasteiger partial charge is 0.423 e. The molecule has 0 atom stereocenters. The van der Waals surface area contributed by atoms with Gasteiger partial charge in [-0.25, -0.2) is 0 Å². The number of hydrogen-bond acceptors (Lipinski definition) is 2. The summed E-state index contributed by atoms with van der Waals surface area (Å²) < 4.78 is 2.20. The van der Waals surface area contributed by atoms with Gasteiger partial charge in [0.2, 0.25) is 0 Å². The fourth-order valence-corrected chi connectivity index (χ4v) is 3.23. The Balaban J connectivity index is 2.16. The molecule has 108 valence electrons. The van der Waals surface area contributed by atoms with Crippen molar-refractivity contribution in [1.29, 1.82) is 0 Å². The van der Waals surface area contributed by atoms with E-state index in [-0.39, 0.29) is 0 Å². The lowest BCUT2D eigenvalue weighted by Crippen LogP contribution is -2.30. The molecule has 0 unspecified atom stereocenters. The lowest BCUT2D eigenvalue weighted by Gasteiger charge is -2.08. The predicted molar refractivity (Wildman–Crippen MR) is 90.5 cm³/mol. The number of nitrogens with zero attached hydrogens (tertiary/aromatic N) is 1. The largest absolute Gasteiger partial charge is 0.488 e. The molecular weight excluding hydrogens is 273 g/mol. The first kappa shape index (κ1) is 13.4. The number of aromatic nitrogens is 1. The fraction of sp³-hybridized carbons (Fsp3) is 0.111. The van der Waals surface area contributed by atoms with Gasteiger partial charge in [-0.3, -0.25) is 0 Å². The van der Waals surface area contributed by atoms with E-state index in [2.05, 4.69) is 28.9 Å². The van der Waals surface area contributed by atoms with E-state index in [0.29, 0.717) is 5.46 Å². The predicted octanol–water partition coefficient (Wildman–Crippen LogP) is 0.665. The lowest BCUT2D eigenvalue weighted by atomic mass is 9.80. The van der Waals surface area contributed by atoms with Crippen LogP contribution in [0.3, 0.4) is 0 Å². The molecule has 3 nitrogen and oxygen atoms in total. The van der Waals surface area contributed by atoms with E-state index in [1.807, 2.05) is 30.3 Å². The van der Waals surface area contributed by atoms with Gasteiger partial charge in [0.05, 0.1) is 5.52 Å². The second-order valence-electron chi connectivity index (χ2n) is 5.61. The zero-order valence-corrected chi connectivity index (χ0v) is 12.1. The summed E-state index contributed by atoms with van der Waals surface area (Å²) in [5, 5.41) is 22.5. The lowest BCUT2D eigenvalue weighted by molar-refractivity contribution is 0.426. The molecule has 0 amide bonds. The Hall–Kier alpha value is -2.30. The number of rotatable bonds is 2. The summed E-state index contributed by atoms with van der Waals surface area (Å²) in [6.07, 6.45) is 6.61. The molecule has 2 aromatic carbocycles. The molecule has 4 heteroatoms. The standard InChI is InChI=1S/C18H16BNO2/c21-19(22)13-10-11-16-15-8-4-5-9-17(15)20(18(16)12-13)14-6-2-1-3-7-14/h1-3,6-12,21-22H,4-5H2. The molecule has 1 aliphatic carbocycles. The van der Waals surface area contributed by atoms with Gasteiger partial charge in [-0.05, 0) is 36.5 Å². The zero-order chi connectivity index (χ0) is 15.1. The van der Waals surface area contributed by atoms with Crippen LogP contribution < -0.4 is 16.0 Å². The monoisotopic (exact) mass is 289 g/mol. The van der Waals surface area contributed by atoms with Crippen LogP contribution in [0.1, 0.15) is 12.8 Å². The van der Waals surface area contributed by atoms with Crippen molar-refractivity contribution in [2.24, 2.45) is 0 Å². The van der Waals surface area contributed by atoms with Crippen molar-refractivity contribution in [2.75, 3.05) is 0 Å². The van der Waals surface area contributed by atoms with Crippen molar-refractivity contribution in [2.45, 2.75) is 12.8 Å². The van der Waals surface area contributed by atoms with Crippen LogP contribution >= 0.6 is 0 Å². The minimum absolute atomic E-state index is 0.513. The van der Waals surface area contributed by atoms with Crippen molar-refractivity contribution in [3.8, 4) is 5.69 Å². The van der Waals surface area contributed by atoms with Crippen LogP contribution in [0.5, 0.6) is 0 Å². The van der Waals surface area contributed by atoms with Gasteiger partial charge in [0, 0.05) is 21.6 Å². The van der Waals surface area contributed by atoms with Crippen molar-refractivity contribution < 1.29 is 10.0 Å². The molecule has 0 bridgehead atoms. The number of hydrogen-bond donors (Lipinski definition) is 2. The maximum atomic E-state index is 9.48. The molecule has 2 N–H and O–H groups in total. The number of para-hydroxylation sites is 1. The van der Waals surface area contributed by atoms with Crippen LogP contribution in [0.4, 0.5) is 0 Å². The summed E-state index contributed by atoms with van der Waals surface area (Å²) in [5.74, 6) is 0. The summed E-state index contributed by atoms with van der Waals surface area (Å²) in [6.45, 7) is 0.